The van der Waals surface area contributed by atoms with Crippen molar-refractivity contribution >= 4 is 5.97 Å². The summed E-state index contributed by atoms with van der Waals surface area (Å²) in [5.74, 6) is -0.215. The van der Waals surface area contributed by atoms with E-state index in [1.165, 1.54) is 0 Å². The lowest BCUT2D eigenvalue weighted by Crippen LogP contribution is -1.99. The van der Waals surface area contributed by atoms with Gasteiger partial charge in [-0.25, -0.2) is 4.79 Å². The lowest BCUT2D eigenvalue weighted by atomic mass is 10.1. The lowest BCUT2D eigenvalue weighted by molar-refractivity contribution is 0.0534. The average molecular weight is 193 g/mol. The fourth-order valence-electron chi connectivity index (χ4n) is 1.43. The smallest absolute Gasteiger partial charge is 0.339 e. The molecule has 14 heavy (non-hydrogen) atoms. The zero-order valence-corrected chi connectivity index (χ0v) is 9.05. The number of fused-ring (bicyclic) bond motifs is 1. The van der Waals surface area contributed by atoms with E-state index >= 15 is 0 Å². The van der Waals surface area contributed by atoms with Gasteiger partial charge in [0.05, 0.1) is 5.56 Å². The lowest BCUT2D eigenvalue weighted by Gasteiger charge is -2.00. The van der Waals surface area contributed by atoms with Crippen LogP contribution in [0.25, 0.3) is 0 Å². The van der Waals surface area contributed by atoms with E-state index in [1.54, 1.807) is 6.20 Å². The largest absolute Gasteiger partial charge is 0.457 e. The first-order chi connectivity index (χ1) is 6.70. The van der Waals surface area contributed by atoms with Crippen molar-refractivity contribution in [3.8, 4) is 0 Å². The van der Waals surface area contributed by atoms with Crippen LogP contribution in [-0.2, 0) is 11.3 Å². The van der Waals surface area contributed by atoms with Gasteiger partial charge in [-0.2, -0.15) is 0 Å². The van der Waals surface area contributed by atoms with Gasteiger partial charge >= 0.3 is 5.97 Å². The molecule has 0 N–H and O–H groups in total. The van der Waals surface area contributed by atoms with Gasteiger partial charge in [-0.15, -0.1) is 0 Å². The topological polar surface area (TPSA) is 39.2 Å². The Kier molecular flexibility index (Phi) is 3.23. The van der Waals surface area contributed by atoms with E-state index in [4.69, 9.17) is 4.74 Å². The first-order valence-corrected chi connectivity index (χ1v) is 4.82. The zero-order chi connectivity index (χ0) is 10.7. The summed E-state index contributed by atoms with van der Waals surface area (Å²) in [6.45, 7) is 8.15. The summed E-state index contributed by atoms with van der Waals surface area (Å²) in [4.78, 5) is 15.3. The number of ether oxygens (including phenoxy) is 1. The third-order valence-electron chi connectivity index (χ3n) is 2.14. The number of aryl methyl sites for hydroxylation is 2. The monoisotopic (exact) mass is 193 g/mol. The molecule has 1 aliphatic rings. The van der Waals surface area contributed by atoms with Crippen LogP contribution in [0.3, 0.4) is 0 Å². The number of cyclic esters (lactones) is 1. The third-order valence-corrected chi connectivity index (χ3v) is 2.14. The summed E-state index contributed by atoms with van der Waals surface area (Å²) >= 11 is 0. The maximum Gasteiger partial charge on any atom is 0.339 e. The van der Waals surface area contributed by atoms with E-state index in [0.717, 1.165) is 16.8 Å². The fourth-order valence-corrected chi connectivity index (χ4v) is 1.43. The first kappa shape index (κ1) is 10.7. The summed E-state index contributed by atoms with van der Waals surface area (Å²) in [5.41, 5.74) is 3.45. The number of carbonyl (C=O) groups is 1. The summed E-state index contributed by atoms with van der Waals surface area (Å²) in [5, 5.41) is 0. The molecule has 0 bridgehead atoms. The van der Waals surface area contributed by atoms with Crippen LogP contribution >= 0.6 is 0 Å². The highest BCUT2D eigenvalue weighted by molar-refractivity contribution is 5.94. The zero-order valence-electron chi connectivity index (χ0n) is 9.05. The van der Waals surface area contributed by atoms with Gasteiger partial charge in [0.15, 0.2) is 0 Å². The van der Waals surface area contributed by atoms with Crippen LogP contribution in [-0.4, -0.2) is 11.0 Å². The molecule has 0 unspecified atom stereocenters. The Balaban J connectivity index is 0.000000461. The Labute approximate surface area is 84.1 Å². The first-order valence-electron chi connectivity index (χ1n) is 4.82. The maximum atomic E-state index is 11.2. The predicted octanol–water partition coefficient (Wildman–Crippen LogP) is 2.40. The molecule has 0 saturated carbocycles. The van der Waals surface area contributed by atoms with Crippen molar-refractivity contribution in [3.05, 3.63) is 28.6 Å². The maximum absolute atomic E-state index is 11.2. The van der Waals surface area contributed by atoms with Crippen LogP contribution in [0.15, 0.2) is 6.20 Å². The van der Waals surface area contributed by atoms with Crippen LogP contribution in [0, 0.1) is 13.8 Å². The van der Waals surface area contributed by atoms with Gasteiger partial charge < -0.3 is 4.74 Å². The van der Waals surface area contributed by atoms with Crippen molar-refractivity contribution in [2.24, 2.45) is 0 Å². The van der Waals surface area contributed by atoms with E-state index in [0.29, 0.717) is 12.2 Å². The minimum atomic E-state index is -0.215. The highest BCUT2D eigenvalue weighted by Gasteiger charge is 2.25. The second kappa shape index (κ2) is 4.22. The number of pyridine rings is 1. The van der Waals surface area contributed by atoms with Gasteiger partial charge in [0.2, 0.25) is 0 Å². The minimum absolute atomic E-state index is 0.215. The molecular weight excluding hydrogens is 178 g/mol. The minimum Gasteiger partial charge on any atom is -0.457 e. The third kappa shape index (κ3) is 1.62. The molecule has 0 aromatic carbocycles. The van der Waals surface area contributed by atoms with Crippen LogP contribution < -0.4 is 0 Å². The molecular formula is C11H15NO2. The van der Waals surface area contributed by atoms with Crippen LogP contribution in [0.1, 0.15) is 41.0 Å². The predicted molar refractivity (Wildman–Crippen MR) is 54.2 cm³/mol. The molecule has 0 spiro atoms. The quantitative estimate of drug-likeness (QED) is 0.594. The Hall–Kier alpha value is -1.38. The summed E-state index contributed by atoms with van der Waals surface area (Å²) in [7, 11) is 0. The number of esters is 1. The molecule has 0 fully saturated rings. The van der Waals surface area contributed by atoms with Gasteiger partial charge in [0, 0.05) is 17.5 Å². The van der Waals surface area contributed by atoms with E-state index in [9.17, 15) is 4.79 Å². The molecule has 0 atom stereocenters. The highest BCUT2D eigenvalue weighted by Crippen LogP contribution is 2.24. The average Bonchev–Trinajstić information content (AvgIpc) is 2.59. The molecule has 0 saturated heterocycles. The van der Waals surface area contributed by atoms with E-state index in [2.05, 4.69) is 4.98 Å². The molecule has 0 aliphatic carbocycles. The summed E-state index contributed by atoms with van der Waals surface area (Å²) in [6, 6.07) is 0. The highest BCUT2D eigenvalue weighted by atomic mass is 16.5. The number of nitrogens with zero attached hydrogens (tertiary/aromatic N) is 1. The van der Waals surface area contributed by atoms with Crippen LogP contribution in [0.4, 0.5) is 0 Å². The van der Waals surface area contributed by atoms with Crippen molar-refractivity contribution in [1.29, 1.82) is 0 Å². The number of hydrogen-bond donors (Lipinski definition) is 0. The molecule has 1 aliphatic heterocycles. The Morgan fingerprint density at radius 1 is 1.36 bits per heavy atom. The van der Waals surface area contributed by atoms with Gasteiger partial charge in [0.25, 0.3) is 0 Å². The van der Waals surface area contributed by atoms with Crippen molar-refractivity contribution in [3.63, 3.8) is 0 Å². The molecule has 3 nitrogen and oxygen atoms in total. The van der Waals surface area contributed by atoms with Gasteiger partial charge in [-0.05, 0) is 19.4 Å². The van der Waals surface area contributed by atoms with Gasteiger partial charge in [-0.1, -0.05) is 13.8 Å². The van der Waals surface area contributed by atoms with Crippen LogP contribution in [0.5, 0.6) is 0 Å². The molecule has 2 rings (SSSR count). The number of hydrogen-bond acceptors (Lipinski definition) is 3. The van der Waals surface area contributed by atoms with Gasteiger partial charge in [0.1, 0.15) is 6.61 Å². The van der Waals surface area contributed by atoms with Gasteiger partial charge in [-0.3, -0.25) is 4.98 Å². The van der Waals surface area contributed by atoms with E-state index in [1.807, 2.05) is 27.7 Å². The molecule has 0 radical (unpaired) electrons. The van der Waals surface area contributed by atoms with E-state index < -0.39 is 0 Å². The van der Waals surface area contributed by atoms with Crippen molar-refractivity contribution in [1.82, 2.24) is 4.98 Å². The summed E-state index contributed by atoms with van der Waals surface area (Å²) in [6.07, 6.45) is 1.71. The molecule has 3 heteroatoms. The normalized spacial score (nSPS) is 12.7. The second-order valence-corrected chi connectivity index (χ2v) is 2.96. The van der Waals surface area contributed by atoms with Crippen LogP contribution in [0.2, 0.25) is 0 Å². The SMILES string of the molecule is CC.Cc1cnc(C)c2c1C(=O)OC2. The van der Waals surface area contributed by atoms with Crippen molar-refractivity contribution in [2.45, 2.75) is 34.3 Å². The Bertz CT molecular complexity index is 359. The van der Waals surface area contributed by atoms with Crippen molar-refractivity contribution in [2.75, 3.05) is 0 Å². The number of aromatic nitrogens is 1. The number of carbonyl (C=O) groups excluding carboxylic acids is 1. The number of rotatable bonds is 0. The molecule has 1 aromatic rings. The standard InChI is InChI=1S/C9H9NO2.C2H6/c1-5-3-10-6(2)7-4-12-9(11)8(5)7;1-2/h3H,4H2,1-2H3;1-2H3. The molecule has 0 amide bonds. The fraction of sp³-hybridized carbons (Fsp3) is 0.455. The second-order valence-electron chi connectivity index (χ2n) is 2.96. The Morgan fingerprint density at radius 2 is 2.00 bits per heavy atom. The molecule has 2 heterocycles. The molecule has 76 valence electrons. The summed E-state index contributed by atoms with van der Waals surface area (Å²) < 4.78 is 4.91. The van der Waals surface area contributed by atoms with Crippen molar-refractivity contribution < 1.29 is 9.53 Å². The van der Waals surface area contributed by atoms with E-state index in [-0.39, 0.29) is 5.97 Å². The Morgan fingerprint density at radius 3 is 2.57 bits per heavy atom. The molecule has 1 aromatic heterocycles.